The highest BCUT2D eigenvalue weighted by atomic mass is 32.2. The topological polar surface area (TPSA) is 27.1 Å². The van der Waals surface area contributed by atoms with Gasteiger partial charge < -0.3 is 4.90 Å². The molecule has 1 saturated carbocycles. The molecule has 1 N–H and O–H groups in total. The van der Waals surface area contributed by atoms with Gasteiger partial charge in [-0.15, -0.1) is 11.8 Å². The lowest BCUT2D eigenvalue weighted by Crippen LogP contribution is -2.24. The van der Waals surface area contributed by atoms with Gasteiger partial charge in [-0.1, -0.05) is 19.3 Å². The van der Waals surface area contributed by atoms with E-state index >= 15 is 0 Å². The Hall–Kier alpha value is -0.440. The van der Waals surface area contributed by atoms with Gasteiger partial charge in [-0.25, -0.2) is 0 Å². The Morgan fingerprint density at radius 2 is 2.07 bits per heavy atom. The molecule has 0 aromatic heterocycles. The van der Waals surface area contributed by atoms with Crippen LogP contribution in [0.2, 0.25) is 0 Å². The predicted octanol–water partition coefficient (Wildman–Crippen LogP) is 3.31. The zero-order valence-corrected chi connectivity index (χ0v) is 9.72. The molecular formula is C11H20N2S. The molecule has 2 nitrogen and oxygen atoms in total. The second kappa shape index (κ2) is 6.93. The van der Waals surface area contributed by atoms with Gasteiger partial charge in [0.2, 0.25) is 0 Å². The molecule has 0 heterocycles. The van der Waals surface area contributed by atoms with Crippen LogP contribution in [0.15, 0.2) is 11.6 Å². The van der Waals surface area contributed by atoms with E-state index in [0.717, 1.165) is 12.5 Å². The number of nitrogens with zero attached hydrogens (tertiary/aromatic N) is 1. The Morgan fingerprint density at radius 1 is 1.36 bits per heavy atom. The van der Waals surface area contributed by atoms with Crippen molar-refractivity contribution in [3.63, 3.8) is 0 Å². The Bertz CT molecular complexity index is 186. The first-order valence-corrected chi connectivity index (χ1v) is 6.61. The molecule has 0 unspecified atom stereocenters. The van der Waals surface area contributed by atoms with Gasteiger partial charge in [0.05, 0.1) is 6.34 Å². The van der Waals surface area contributed by atoms with Crippen LogP contribution in [-0.4, -0.2) is 24.0 Å². The minimum atomic E-state index is 0.803. The molecule has 0 spiro atoms. The van der Waals surface area contributed by atoms with E-state index in [0.29, 0.717) is 0 Å². The fraction of sp³-hybridized carbons (Fsp3) is 0.727. The molecule has 0 amide bonds. The Kier molecular flexibility index (Phi) is 5.76. The summed E-state index contributed by atoms with van der Waals surface area (Å²) in [7, 11) is 0. The van der Waals surface area contributed by atoms with Crippen molar-refractivity contribution < 1.29 is 0 Å². The van der Waals surface area contributed by atoms with E-state index < -0.39 is 0 Å². The lowest BCUT2D eigenvalue weighted by atomic mass is 9.89. The Balaban J connectivity index is 2.30. The van der Waals surface area contributed by atoms with Gasteiger partial charge in [0.1, 0.15) is 0 Å². The van der Waals surface area contributed by atoms with E-state index in [9.17, 15) is 0 Å². The Morgan fingerprint density at radius 3 is 2.64 bits per heavy atom. The van der Waals surface area contributed by atoms with Crippen LogP contribution >= 0.6 is 11.8 Å². The van der Waals surface area contributed by atoms with E-state index in [1.807, 2.05) is 22.8 Å². The van der Waals surface area contributed by atoms with E-state index in [-0.39, 0.29) is 0 Å². The average molecular weight is 212 g/mol. The normalized spacial score (nSPS) is 18.6. The van der Waals surface area contributed by atoms with Gasteiger partial charge in [0, 0.05) is 12.7 Å². The highest BCUT2D eigenvalue weighted by molar-refractivity contribution is 8.01. The maximum Gasteiger partial charge on any atom is 0.0857 e. The smallest absolute Gasteiger partial charge is 0.0857 e. The van der Waals surface area contributed by atoms with Crippen LogP contribution in [0.5, 0.6) is 0 Å². The minimum absolute atomic E-state index is 0.803. The van der Waals surface area contributed by atoms with Crippen LogP contribution in [-0.2, 0) is 0 Å². The van der Waals surface area contributed by atoms with E-state index in [2.05, 4.69) is 0 Å². The second-order valence-corrected chi connectivity index (χ2v) is 4.59. The van der Waals surface area contributed by atoms with E-state index in [1.165, 1.54) is 38.4 Å². The van der Waals surface area contributed by atoms with Crippen molar-refractivity contribution in [2.24, 2.45) is 5.92 Å². The fourth-order valence-electron chi connectivity index (χ4n) is 1.96. The number of hydrogen-bond donors (Lipinski definition) is 1. The van der Waals surface area contributed by atoms with Crippen LogP contribution < -0.4 is 0 Å². The van der Waals surface area contributed by atoms with Gasteiger partial charge >= 0.3 is 0 Å². The molecule has 80 valence electrons. The minimum Gasteiger partial charge on any atom is -0.339 e. The summed E-state index contributed by atoms with van der Waals surface area (Å²) in [5, 5.41) is 9.33. The summed E-state index contributed by atoms with van der Waals surface area (Å²) < 4.78 is 0. The molecule has 1 aliphatic carbocycles. The largest absolute Gasteiger partial charge is 0.339 e. The highest BCUT2D eigenvalue weighted by Crippen LogP contribution is 2.24. The van der Waals surface area contributed by atoms with Crippen LogP contribution in [0.3, 0.4) is 0 Å². The molecule has 0 radical (unpaired) electrons. The van der Waals surface area contributed by atoms with Crippen molar-refractivity contribution in [1.82, 2.24) is 4.90 Å². The molecule has 0 atom stereocenters. The zero-order chi connectivity index (χ0) is 10.2. The molecule has 0 saturated heterocycles. The van der Waals surface area contributed by atoms with E-state index in [4.69, 9.17) is 5.41 Å². The first-order chi connectivity index (χ1) is 6.86. The summed E-state index contributed by atoms with van der Waals surface area (Å²) in [5.41, 5.74) is 0. The first kappa shape index (κ1) is 11.6. The summed E-state index contributed by atoms with van der Waals surface area (Å²) in [5.74, 6) is 0.803. The highest BCUT2D eigenvalue weighted by Gasteiger charge is 2.14. The zero-order valence-electron chi connectivity index (χ0n) is 8.91. The predicted molar refractivity (Wildman–Crippen MR) is 64.7 cm³/mol. The Labute approximate surface area is 91.3 Å². The molecule has 1 rings (SSSR count). The summed E-state index contributed by atoms with van der Waals surface area (Å²) in [6, 6.07) is 0. The number of rotatable bonds is 5. The molecule has 1 fully saturated rings. The average Bonchev–Trinajstić information content (AvgIpc) is 2.25. The van der Waals surface area contributed by atoms with Crippen molar-refractivity contribution in [2.45, 2.75) is 32.1 Å². The number of hydrogen-bond acceptors (Lipinski definition) is 2. The van der Waals surface area contributed by atoms with Crippen LogP contribution in [0.25, 0.3) is 0 Å². The third-order valence-corrected chi connectivity index (χ3v) is 3.14. The van der Waals surface area contributed by atoms with Crippen molar-refractivity contribution in [3.8, 4) is 0 Å². The standard InChI is InChI=1S/C11H20N2S/c1-14-8-7-13(10-12)9-11-5-3-2-4-6-11/h7-8,10-12H,2-6,9H2,1H3/b8-7-,12-10?. The maximum atomic E-state index is 7.30. The SMILES string of the molecule is CS/C=C\N(C=N)CC1CCCCC1. The number of thioether (sulfide) groups is 1. The molecular weight excluding hydrogens is 192 g/mol. The molecule has 0 aromatic rings. The lowest BCUT2D eigenvalue weighted by molar-refractivity contribution is 0.311. The van der Waals surface area contributed by atoms with Crippen molar-refractivity contribution in [2.75, 3.05) is 12.8 Å². The summed E-state index contributed by atoms with van der Waals surface area (Å²) >= 11 is 1.68. The second-order valence-electron chi connectivity index (χ2n) is 3.85. The molecule has 0 aliphatic heterocycles. The van der Waals surface area contributed by atoms with Crippen LogP contribution in [0.1, 0.15) is 32.1 Å². The first-order valence-electron chi connectivity index (χ1n) is 5.32. The van der Waals surface area contributed by atoms with Crippen molar-refractivity contribution in [1.29, 1.82) is 5.41 Å². The van der Waals surface area contributed by atoms with Crippen LogP contribution in [0, 0.1) is 11.3 Å². The summed E-state index contributed by atoms with van der Waals surface area (Å²) in [4.78, 5) is 1.99. The number of nitrogens with one attached hydrogen (secondary N) is 1. The van der Waals surface area contributed by atoms with Gasteiger partial charge in [-0.2, -0.15) is 0 Å². The molecule has 3 heteroatoms. The van der Waals surface area contributed by atoms with Gasteiger partial charge in [-0.3, -0.25) is 5.41 Å². The fourth-order valence-corrected chi connectivity index (χ4v) is 2.24. The monoisotopic (exact) mass is 212 g/mol. The van der Waals surface area contributed by atoms with Gasteiger partial charge in [0.25, 0.3) is 0 Å². The molecule has 14 heavy (non-hydrogen) atoms. The van der Waals surface area contributed by atoms with Crippen LogP contribution in [0.4, 0.5) is 0 Å². The molecule has 0 bridgehead atoms. The summed E-state index contributed by atoms with van der Waals surface area (Å²) in [6.45, 7) is 1.03. The van der Waals surface area contributed by atoms with Gasteiger partial charge in [-0.05, 0) is 30.4 Å². The third-order valence-electron chi connectivity index (χ3n) is 2.75. The quantitative estimate of drug-likeness (QED) is 0.559. The van der Waals surface area contributed by atoms with Gasteiger partial charge in [0.15, 0.2) is 0 Å². The molecule has 0 aromatic carbocycles. The third kappa shape index (κ3) is 4.18. The van der Waals surface area contributed by atoms with Crippen molar-refractivity contribution >= 4 is 18.1 Å². The maximum absolute atomic E-state index is 7.30. The lowest BCUT2D eigenvalue weighted by Gasteiger charge is -2.25. The van der Waals surface area contributed by atoms with Crippen molar-refractivity contribution in [3.05, 3.63) is 11.6 Å². The summed E-state index contributed by atoms with van der Waals surface area (Å²) in [6.07, 6.45) is 12.3. The van der Waals surface area contributed by atoms with E-state index in [1.54, 1.807) is 11.8 Å². The molecule has 1 aliphatic rings.